The summed E-state index contributed by atoms with van der Waals surface area (Å²) in [7, 11) is 0. The van der Waals surface area contributed by atoms with Crippen molar-refractivity contribution in [1.29, 1.82) is 0 Å². The van der Waals surface area contributed by atoms with Gasteiger partial charge >= 0.3 is 11.7 Å². The molecule has 1 amide bonds. The maximum atomic E-state index is 12.7. The lowest BCUT2D eigenvalue weighted by Gasteiger charge is -2.27. The van der Waals surface area contributed by atoms with Crippen molar-refractivity contribution in [1.82, 2.24) is 24.6 Å². The monoisotopic (exact) mass is 409 g/mol. The lowest BCUT2D eigenvalue weighted by molar-refractivity contribution is -0.137. The number of benzene rings is 1. The highest BCUT2D eigenvalue weighted by Gasteiger charge is 2.20. The molecule has 152 valence electrons. The average molecular weight is 410 g/mol. The molecule has 3 rings (SSSR count). The number of rotatable bonds is 6. The van der Waals surface area contributed by atoms with Gasteiger partial charge in [-0.15, -0.1) is 12.4 Å². The number of carboxylic acids is 1. The van der Waals surface area contributed by atoms with Gasteiger partial charge in [-0.05, 0) is 31.0 Å². The van der Waals surface area contributed by atoms with Crippen molar-refractivity contribution < 1.29 is 14.7 Å². The van der Waals surface area contributed by atoms with E-state index in [1.807, 2.05) is 0 Å². The molecule has 0 aliphatic carbocycles. The Hall–Kier alpha value is -2.65. The molecule has 0 unspecified atom stereocenters. The number of aliphatic carboxylic acids is 1. The number of aromatic nitrogens is 3. The standard InChI is InChI=1S/C18H23N5O4.ClH/c1-13-20-22(12-16(24)21-10-8-19-9-11-21)18(27)23(13)15-5-2-14(3-6-15)4-7-17(25)26;/h2-3,5-6,19H,4,7-12H2,1H3,(H,25,26);1H. The normalized spacial score (nSPS) is 13.8. The molecule has 9 nitrogen and oxygen atoms in total. The number of nitrogens with zero attached hydrogens (tertiary/aromatic N) is 4. The largest absolute Gasteiger partial charge is 0.481 e. The molecule has 1 aromatic heterocycles. The second-order valence-corrected chi connectivity index (χ2v) is 6.51. The summed E-state index contributed by atoms with van der Waals surface area (Å²) in [4.78, 5) is 37.5. The van der Waals surface area contributed by atoms with Crippen LogP contribution in [-0.4, -0.2) is 62.4 Å². The number of carboxylic acid groups (broad SMARTS) is 1. The number of hydrogen-bond acceptors (Lipinski definition) is 5. The van der Waals surface area contributed by atoms with E-state index in [1.165, 1.54) is 9.25 Å². The molecule has 1 fully saturated rings. The van der Waals surface area contributed by atoms with Crippen LogP contribution in [0.2, 0.25) is 0 Å². The molecule has 2 aromatic rings. The third-order valence-corrected chi connectivity index (χ3v) is 4.58. The van der Waals surface area contributed by atoms with Crippen LogP contribution in [0.25, 0.3) is 5.69 Å². The minimum atomic E-state index is -0.846. The average Bonchev–Trinajstić information content (AvgIpc) is 2.94. The molecule has 2 heterocycles. The summed E-state index contributed by atoms with van der Waals surface area (Å²) >= 11 is 0. The Bertz CT molecular complexity index is 884. The fraction of sp³-hybridized carbons (Fsp3) is 0.444. The van der Waals surface area contributed by atoms with E-state index >= 15 is 0 Å². The number of nitrogens with one attached hydrogen (secondary N) is 1. The van der Waals surface area contributed by atoms with Gasteiger partial charge in [0, 0.05) is 32.6 Å². The number of amides is 1. The zero-order valence-corrected chi connectivity index (χ0v) is 16.4. The van der Waals surface area contributed by atoms with E-state index in [1.54, 1.807) is 36.1 Å². The van der Waals surface area contributed by atoms with Gasteiger partial charge in [-0.3, -0.25) is 9.59 Å². The Morgan fingerprint density at radius 2 is 1.82 bits per heavy atom. The van der Waals surface area contributed by atoms with Crippen molar-refractivity contribution in [2.24, 2.45) is 0 Å². The van der Waals surface area contributed by atoms with E-state index in [0.717, 1.165) is 18.7 Å². The van der Waals surface area contributed by atoms with Crippen LogP contribution in [0.3, 0.4) is 0 Å². The van der Waals surface area contributed by atoms with Crippen molar-refractivity contribution in [3.63, 3.8) is 0 Å². The van der Waals surface area contributed by atoms with Crippen LogP contribution >= 0.6 is 12.4 Å². The van der Waals surface area contributed by atoms with Crippen molar-refractivity contribution in [2.45, 2.75) is 26.3 Å². The van der Waals surface area contributed by atoms with Crippen LogP contribution in [0.15, 0.2) is 29.1 Å². The first-order valence-electron chi connectivity index (χ1n) is 8.92. The van der Waals surface area contributed by atoms with Gasteiger partial charge in [0.1, 0.15) is 12.4 Å². The SMILES string of the molecule is Cc1nn(CC(=O)N2CCNCC2)c(=O)n1-c1ccc(CCC(=O)O)cc1.Cl. The fourth-order valence-electron chi connectivity index (χ4n) is 3.12. The summed E-state index contributed by atoms with van der Waals surface area (Å²) in [5.74, 6) is -0.472. The minimum absolute atomic E-state index is 0. The molecule has 0 saturated carbocycles. The Morgan fingerprint density at radius 1 is 1.18 bits per heavy atom. The molecule has 1 aliphatic heterocycles. The maximum absolute atomic E-state index is 12.7. The van der Waals surface area contributed by atoms with Crippen LogP contribution in [0, 0.1) is 6.92 Å². The predicted octanol–water partition coefficient (Wildman–Crippen LogP) is 0.213. The van der Waals surface area contributed by atoms with E-state index in [2.05, 4.69) is 10.4 Å². The number of aryl methyl sites for hydroxylation is 2. The third-order valence-electron chi connectivity index (χ3n) is 4.58. The molecular weight excluding hydrogens is 386 g/mol. The first-order chi connectivity index (χ1) is 13.0. The van der Waals surface area contributed by atoms with Gasteiger partial charge in [0.2, 0.25) is 5.91 Å². The number of hydrogen-bond donors (Lipinski definition) is 2. The lowest BCUT2D eigenvalue weighted by atomic mass is 10.1. The van der Waals surface area contributed by atoms with Crippen molar-refractivity contribution in [2.75, 3.05) is 26.2 Å². The molecule has 0 bridgehead atoms. The number of piperazine rings is 1. The Balaban J connectivity index is 0.00000280. The zero-order valence-electron chi connectivity index (χ0n) is 15.6. The zero-order chi connectivity index (χ0) is 19.4. The quantitative estimate of drug-likeness (QED) is 0.706. The minimum Gasteiger partial charge on any atom is -0.481 e. The number of carbonyl (C=O) groups excluding carboxylic acids is 1. The van der Waals surface area contributed by atoms with Gasteiger partial charge in [-0.25, -0.2) is 14.0 Å². The van der Waals surface area contributed by atoms with E-state index in [4.69, 9.17) is 5.11 Å². The Labute approximate surface area is 168 Å². The highest BCUT2D eigenvalue weighted by molar-refractivity contribution is 5.85. The summed E-state index contributed by atoms with van der Waals surface area (Å²) in [6.07, 6.45) is 0.492. The van der Waals surface area contributed by atoms with Crippen LogP contribution in [0.5, 0.6) is 0 Å². The van der Waals surface area contributed by atoms with Crippen molar-refractivity contribution in [3.8, 4) is 5.69 Å². The number of carbonyl (C=O) groups is 2. The second-order valence-electron chi connectivity index (χ2n) is 6.51. The molecule has 10 heteroatoms. The molecule has 0 radical (unpaired) electrons. The molecule has 1 aromatic carbocycles. The molecule has 2 N–H and O–H groups in total. The second kappa shape index (κ2) is 9.52. The van der Waals surface area contributed by atoms with Gasteiger partial charge < -0.3 is 15.3 Å². The predicted molar refractivity (Wildman–Crippen MR) is 105 cm³/mol. The summed E-state index contributed by atoms with van der Waals surface area (Å²) in [5.41, 5.74) is 1.15. The smallest absolute Gasteiger partial charge is 0.351 e. The summed E-state index contributed by atoms with van der Waals surface area (Å²) in [6, 6.07) is 7.12. The fourth-order valence-corrected chi connectivity index (χ4v) is 3.12. The van der Waals surface area contributed by atoms with Crippen LogP contribution in [0.4, 0.5) is 0 Å². The summed E-state index contributed by atoms with van der Waals surface area (Å²) in [5, 5.41) is 16.2. The van der Waals surface area contributed by atoms with Gasteiger partial charge in [0.15, 0.2) is 0 Å². The topological polar surface area (TPSA) is 109 Å². The summed E-state index contributed by atoms with van der Waals surface area (Å²) < 4.78 is 2.64. The Morgan fingerprint density at radius 3 is 2.43 bits per heavy atom. The van der Waals surface area contributed by atoms with Gasteiger partial charge in [0.05, 0.1) is 5.69 Å². The van der Waals surface area contributed by atoms with E-state index in [9.17, 15) is 14.4 Å². The summed E-state index contributed by atoms with van der Waals surface area (Å²) in [6.45, 7) is 4.40. The molecule has 28 heavy (non-hydrogen) atoms. The molecule has 1 aliphatic rings. The lowest BCUT2D eigenvalue weighted by Crippen LogP contribution is -2.48. The van der Waals surface area contributed by atoms with Crippen LogP contribution in [-0.2, 0) is 22.6 Å². The third kappa shape index (κ3) is 4.99. The van der Waals surface area contributed by atoms with E-state index in [-0.39, 0.29) is 37.0 Å². The first-order valence-corrected chi connectivity index (χ1v) is 8.92. The van der Waals surface area contributed by atoms with Gasteiger partial charge in [0.25, 0.3) is 0 Å². The molecule has 1 saturated heterocycles. The van der Waals surface area contributed by atoms with Crippen LogP contribution in [0.1, 0.15) is 17.8 Å². The van der Waals surface area contributed by atoms with Crippen LogP contribution < -0.4 is 11.0 Å². The highest BCUT2D eigenvalue weighted by Crippen LogP contribution is 2.11. The molecule has 0 spiro atoms. The van der Waals surface area contributed by atoms with Crippen molar-refractivity contribution in [3.05, 3.63) is 46.1 Å². The van der Waals surface area contributed by atoms with E-state index < -0.39 is 5.97 Å². The molecular formula is C18H24ClN5O4. The maximum Gasteiger partial charge on any atom is 0.351 e. The number of halogens is 1. The van der Waals surface area contributed by atoms with E-state index in [0.29, 0.717) is 31.0 Å². The Kier molecular flexibility index (Phi) is 7.36. The van der Waals surface area contributed by atoms with Gasteiger partial charge in [-0.2, -0.15) is 5.10 Å². The van der Waals surface area contributed by atoms with Crippen molar-refractivity contribution >= 4 is 24.3 Å². The highest BCUT2D eigenvalue weighted by atomic mass is 35.5. The van der Waals surface area contributed by atoms with Gasteiger partial charge in [-0.1, -0.05) is 12.1 Å². The first kappa shape index (κ1) is 21.6. The molecule has 0 atom stereocenters.